The molecule has 3 aromatic rings. The third kappa shape index (κ3) is 1.77. The van der Waals surface area contributed by atoms with Gasteiger partial charge in [-0.2, -0.15) is 0 Å². The summed E-state index contributed by atoms with van der Waals surface area (Å²) in [6.07, 6.45) is 4.41. The molecule has 4 nitrogen and oxygen atoms in total. The first-order chi connectivity index (χ1) is 9.76. The van der Waals surface area contributed by atoms with E-state index in [2.05, 4.69) is 4.98 Å². The van der Waals surface area contributed by atoms with Gasteiger partial charge in [0.05, 0.1) is 7.11 Å². The summed E-state index contributed by atoms with van der Waals surface area (Å²) in [6, 6.07) is 9.67. The molecule has 20 heavy (non-hydrogen) atoms. The van der Waals surface area contributed by atoms with E-state index in [0.717, 1.165) is 34.2 Å². The van der Waals surface area contributed by atoms with Gasteiger partial charge in [-0.25, -0.2) is 4.98 Å². The highest BCUT2D eigenvalue weighted by atomic mass is 16.5. The number of aromatic nitrogens is 2. The highest BCUT2D eigenvalue weighted by molar-refractivity contribution is 6.05. The van der Waals surface area contributed by atoms with Crippen LogP contribution in [0.15, 0.2) is 42.7 Å². The molecule has 0 radical (unpaired) electrons. The molecule has 0 bridgehead atoms. The molecule has 0 N–H and O–H groups in total. The van der Waals surface area contributed by atoms with Crippen molar-refractivity contribution < 1.29 is 9.53 Å². The van der Waals surface area contributed by atoms with Crippen molar-refractivity contribution in [1.29, 1.82) is 0 Å². The minimum atomic E-state index is 0.636. The number of para-hydroxylation sites is 1. The Labute approximate surface area is 116 Å². The van der Waals surface area contributed by atoms with Gasteiger partial charge in [0.1, 0.15) is 11.4 Å². The summed E-state index contributed by atoms with van der Waals surface area (Å²) in [5, 5.41) is 0.856. The number of methoxy groups -OCH3 is 1. The first-order valence-electron chi connectivity index (χ1n) is 6.29. The number of ether oxygens (including phenoxy) is 1. The number of hydrogen-bond donors (Lipinski definition) is 0. The first kappa shape index (κ1) is 12.4. The second-order valence-electron chi connectivity index (χ2n) is 4.57. The van der Waals surface area contributed by atoms with Crippen LogP contribution in [0.3, 0.4) is 0 Å². The predicted molar refractivity (Wildman–Crippen MR) is 78.1 cm³/mol. The molecule has 2 aromatic heterocycles. The number of carbonyl (C=O) groups is 1. The van der Waals surface area contributed by atoms with Gasteiger partial charge >= 0.3 is 0 Å². The van der Waals surface area contributed by atoms with Crippen LogP contribution in [0.25, 0.3) is 22.2 Å². The van der Waals surface area contributed by atoms with Crippen LogP contribution in [0.5, 0.6) is 5.75 Å². The van der Waals surface area contributed by atoms with Gasteiger partial charge in [-0.15, -0.1) is 0 Å². The first-order valence-corrected chi connectivity index (χ1v) is 6.29. The predicted octanol–water partition coefficient (Wildman–Crippen LogP) is 3.06. The molecule has 0 fully saturated rings. The fraction of sp³-hybridized carbons (Fsp3) is 0.125. The van der Waals surface area contributed by atoms with Gasteiger partial charge in [-0.1, -0.05) is 18.2 Å². The standard InChI is InChI=1S/C16H14N2O2/c1-18-9-11(10-19)15-13(7-8-17-16(15)18)12-5-3-4-6-14(12)20-2/h3-10H,1-2H3. The van der Waals surface area contributed by atoms with E-state index < -0.39 is 0 Å². The van der Waals surface area contributed by atoms with Crippen LogP contribution in [-0.4, -0.2) is 22.9 Å². The fourth-order valence-electron chi connectivity index (χ4n) is 2.52. The molecule has 0 aliphatic carbocycles. The lowest BCUT2D eigenvalue weighted by molar-refractivity contribution is 0.112. The van der Waals surface area contributed by atoms with Gasteiger partial charge in [-0.05, 0) is 17.7 Å². The van der Waals surface area contributed by atoms with Crippen molar-refractivity contribution in [2.75, 3.05) is 7.11 Å². The number of rotatable bonds is 3. The summed E-state index contributed by atoms with van der Waals surface area (Å²) >= 11 is 0. The van der Waals surface area contributed by atoms with Gasteiger partial charge in [0.15, 0.2) is 6.29 Å². The molecule has 0 aliphatic heterocycles. The Kier molecular flexibility index (Phi) is 2.99. The molecular formula is C16H14N2O2. The molecule has 0 atom stereocenters. The summed E-state index contributed by atoms with van der Waals surface area (Å²) in [4.78, 5) is 15.7. The van der Waals surface area contributed by atoms with Gasteiger partial charge < -0.3 is 9.30 Å². The SMILES string of the molecule is COc1ccccc1-c1ccnc2c1c(C=O)cn2C. The maximum Gasteiger partial charge on any atom is 0.152 e. The zero-order valence-corrected chi connectivity index (χ0v) is 11.3. The molecule has 0 aliphatic rings. The van der Waals surface area contributed by atoms with E-state index in [0.29, 0.717) is 5.56 Å². The fourth-order valence-corrected chi connectivity index (χ4v) is 2.52. The van der Waals surface area contributed by atoms with Crippen LogP contribution in [0.1, 0.15) is 10.4 Å². The highest BCUT2D eigenvalue weighted by Gasteiger charge is 2.15. The average molecular weight is 266 g/mol. The van der Waals surface area contributed by atoms with E-state index in [1.165, 1.54) is 0 Å². The summed E-state index contributed by atoms with van der Waals surface area (Å²) in [5.41, 5.74) is 3.33. The van der Waals surface area contributed by atoms with E-state index in [-0.39, 0.29) is 0 Å². The second kappa shape index (κ2) is 4.81. The minimum Gasteiger partial charge on any atom is -0.496 e. The largest absolute Gasteiger partial charge is 0.496 e. The Balaban J connectivity index is 2.39. The van der Waals surface area contributed by atoms with E-state index in [1.54, 1.807) is 19.5 Å². The lowest BCUT2D eigenvalue weighted by Crippen LogP contribution is -1.91. The van der Waals surface area contributed by atoms with Crippen molar-refractivity contribution in [2.24, 2.45) is 7.05 Å². The van der Waals surface area contributed by atoms with E-state index in [1.807, 2.05) is 41.9 Å². The quantitative estimate of drug-likeness (QED) is 0.684. The molecule has 0 saturated heterocycles. The number of fused-ring (bicyclic) bond motifs is 1. The number of aldehydes is 1. The number of benzene rings is 1. The van der Waals surface area contributed by atoms with Crippen molar-refractivity contribution in [2.45, 2.75) is 0 Å². The minimum absolute atomic E-state index is 0.636. The van der Waals surface area contributed by atoms with Gasteiger partial charge in [0, 0.05) is 36.0 Å². The second-order valence-corrected chi connectivity index (χ2v) is 4.57. The summed E-state index contributed by atoms with van der Waals surface area (Å²) in [7, 11) is 3.52. The monoisotopic (exact) mass is 266 g/mol. The maximum absolute atomic E-state index is 11.3. The van der Waals surface area contributed by atoms with E-state index >= 15 is 0 Å². The van der Waals surface area contributed by atoms with E-state index in [9.17, 15) is 4.79 Å². The molecular weight excluding hydrogens is 252 g/mol. The Bertz CT molecular complexity index is 790. The number of nitrogens with zero attached hydrogens (tertiary/aromatic N) is 2. The molecule has 0 unspecified atom stereocenters. The summed E-state index contributed by atoms with van der Waals surface area (Å²) < 4.78 is 7.27. The van der Waals surface area contributed by atoms with Crippen LogP contribution >= 0.6 is 0 Å². The van der Waals surface area contributed by atoms with Gasteiger partial charge in [0.25, 0.3) is 0 Å². The molecule has 0 amide bonds. The topological polar surface area (TPSA) is 44.1 Å². The van der Waals surface area contributed by atoms with Crippen molar-refractivity contribution in [3.8, 4) is 16.9 Å². The number of pyridine rings is 1. The van der Waals surface area contributed by atoms with E-state index in [4.69, 9.17) is 4.74 Å². The lowest BCUT2D eigenvalue weighted by Gasteiger charge is -2.09. The molecule has 4 heteroatoms. The molecule has 2 heterocycles. The zero-order valence-electron chi connectivity index (χ0n) is 11.3. The molecule has 100 valence electrons. The Morgan fingerprint density at radius 1 is 1.20 bits per heavy atom. The smallest absolute Gasteiger partial charge is 0.152 e. The lowest BCUT2D eigenvalue weighted by atomic mass is 10.0. The number of carbonyl (C=O) groups excluding carboxylic acids is 1. The molecule has 0 saturated carbocycles. The molecule has 1 aromatic carbocycles. The molecule has 0 spiro atoms. The van der Waals surface area contributed by atoms with Crippen LogP contribution in [0.2, 0.25) is 0 Å². The van der Waals surface area contributed by atoms with Crippen molar-refractivity contribution in [1.82, 2.24) is 9.55 Å². The van der Waals surface area contributed by atoms with Crippen LogP contribution in [-0.2, 0) is 7.05 Å². The zero-order chi connectivity index (χ0) is 14.1. The van der Waals surface area contributed by atoms with Crippen LogP contribution < -0.4 is 4.74 Å². The molecule has 3 rings (SSSR count). The Morgan fingerprint density at radius 2 is 2.00 bits per heavy atom. The van der Waals surface area contributed by atoms with Gasteiger partial charge in [-0.3, -0.25) is 4.79 Å². The normalized spacial score (nSPS) is 10.7. The highest BCUT2D eigenvalue weighted by Crippen LogP contribution is 2.35. The number of hydrogen-bond acceptors (Lipinski definition) is 3. The third-order valence-electron chi connectivity index (χ3n) is 3.41. The summed E-state index contributed by atoms with van der Waals surface area (Å²) in [5.74, 6) is 0.778. The summed E-state index contributed by atoms with van der Waals surface area (Å²) in [6.45, 7) is 0. The van der Waals surface area contributed by atoms with Crippen LogP contribution in [0.4, 0.5) is 0 Å². The maximum atomic E-state index is 11.3. The number of aryl methyl sites for hydroxylation is 1. The Hall–Kier alpha value is -2.62. The van der Waals surface area contributed by atoms with Gasteiger partial charge in [0.2, 0.25) is 0 Å². The van der Waals surface area contributed by atoms with Crippen molar-refractivity contribution >= 4 is 17.3 Å². The Morgan fingerprint density at radius 3 is 2.75 bits per heavy atom. The third-order valence-corrected chi connectivity index (χ3v) is 3.41. The van der Waals surface area contributed by atoms with Crippen molar-refractivity contribution in [3.63, 3.8) is 0 Å². The average Bonchev–Trinajstić information content (AvgIpc) is 2.84. The van der Waals surface area contributed by atoms with Crippen LogP contribution in [0, 0.1) is 0 Å². The van der Waals surface area contributed by atoms with Crippen molar-refractivity contribution in [3.05, 3.63) is 48.3 Å².